The van der Waals surface area contributed by atoms with Crippen LogP contribution in [0, 0.1) is 18.3 Å². The minimum atomic E-state index is -3.87. The van der Waals surface area contributed by atoms with Gasteiger partial charge in [-0.3, -0.25) is 9.40 Å². The Morgan fingerprint density at radius 2 is 2.15 bits per heavy atom. The highest BCUT2D eigenvalue weighted by Gasteiger charge is 2.25. The summed E-state index contributed by atoms with van der Waals surface area (Å²) in [5, 5.41) is 23.2. The van der Waals surface area contributed by atoms with Crippen LogP contribution in [0.5, 0.6) is 0 Å². The molecule has 3 aromatic rings. The topological polar surface area (TPSA) is 124 Å². The fourth-order valence-electron chi connectivity index (χ4n) is 2.96. The number of anilines is 1. The molecule has 0 saturated carbocycles. The first-order valence-corrected chi connectivity index (χ1v) is 9.87. The number of sulfonamides is 1. The van der Waals surface area contributed by atoms with Crippen LogP contribution >= 0.6 is 0 Å². The van der Waals surface area contributed by atoms with Crippen molar-refractivity contribution in [2.24, 2.45) is 0 Å². The van der Waals surface area contributed by atoms with Gasteiger partial charge in [-0.1, -0.05) is 6.07 Å². The fraction of sp³-hybridized carbons (Fsp3) is 0.333. The number of aliphatic hydroxyl groups is 1. The van der Waals surface area contributed by atoms with Crippen LogP contribution in [0.15, 0.2) is 35.6 Å². The van der Waals surface area contributed by atoms with E-state index in [2.05, 4.69) is 20.9 Å². The first-order chi connectivity index (χ1) is 12.7. The summed E-state index contributed by atoms with van der Waals surface area (Å²) in [6.07, 6.45) is 4.73. The minimum Gasteiger partial charge on any atom is -0.396 e. The highest BCUT2D eigenvalue weighted by molar-refractivity contribution is 7.92. The molecule has 0 aliphatic rings. The minimum absolute atomic E-state index is 0.0225. The van der Waals surface area contributed by atoms with Crippen molar-refractivity contribution in [3.8, 4) is 6.07 Å². The molecule has 0 saturated heterocycles. The average molecular weight is 387 g/mol. The Morgan fingerprint density at radius 3 is 2.81 bits per heavy atom. The zero-order valence-corrected chi connectivity index (χ0v) is 16.1. The van der Waals surface area contributed by atoms with E-state index in [1.165, 1.54) is 17.1 Å². The highest BCUT2D eigenvalue weighted by atomic mass is 32.2. The summed E-state index contributed by atoms with van der Waals surface area (Å²) in [6, 6.07) is 5.53. The van der Waals surface area contributed by atoms with E-state index in [0.29, 0.717) is 28.6 Å². The summed E-state index contributed by atoms with van der Waals surface area (Å²) >= 11 is 0. The second-order valence-corrected chi connectivity index (χ2v) is 8.69. The molecule has 142 valence electrons. The average Bonchev–Trinajstić information content (AvgIpc) is 3.25. The molecule has 0 aliphatic heterocycles. The molecule has 0 amide bonds. The third-order valence-corrected chi connectivity index (χ3v) is 5.94. The first kappa shape index (κ1) is 18.9. The molecule has 2 aromatic heterocycles. The molecule has 9 heteroatoms. The lowest BCUT2D eigenvalue weighted by Gasteiger charge is -2.24. The van der Waals surface area contributed by atoms with E-state index in [9.17, 15) is 18.8 Å². The number of nitrogens with one attached hydrogen (secondary N) is 2. The standard InChI is InChI=1S/C18H21N5O3S/c1-12-4-5-15(17-16(12)13(8-19)9-20-17)22-27(25,26)14-10-21-23(11-14)18(2,3)6-7-24/h4-5,9-11,20,22,24H,6-7H2,1-3H3. The third-order valence-electron chi connectivity index (χ3n) is 4.62. The summed E-state index contributed by atoms with van der Waals surface area (Å²) in [6.45, 7) is 5.57. The van der Waals surface area contributed by atoms with Gasteiger partial charge < -0.3 is 10.1 Å². The number of aryl methyl sites for hydroxylation is 1. The van der Waals surface area contributed by atoms with Crippen LogP contribution in [-0.2, 0) is 15.6 Å². The molecule has 3 N–H and O–H groups in total. The van der Waals surface area contributed by atoms with E-state index in [4.69, 9.17) is 0 Å². The Morgan fingerprint density at radius 1 is 1.41 bits per heavy atom. The Labute approximate surface area is 157 Å². The van der Waals surface area contributed by atoms with Crippen molar-refractivity contribution in [2.45, 2.75) is 37.6 Å². The molecule has 8 nitrogen and oxygen atoms in total. The molecule has 1 aromatic carbocycles. The van der Waals surface area contributed by atoms with Crippen LogP contribution < -0.4 is 4.72 Å². The molecular formula is C18H21N5O3S. The number of hydrogen-bond donors (Lipinski definition) is 3. The van der Waals surface area contributed by atoms with Gasteiger partial charge in [0.15, 0.2) is 0 Å². The lowest BCUT2D eigenvalue weighted by Crippen LogP contribution is -2.28. The molecule has 0 spiro atoms. The van der Waals surface area contributed by atoms with Crippen molar-refractivity contribution in [3.63, 3.8) is 0 Å². The summed E-state index contributed by atoms with van der Waals surface area (Å²) in [4.78, 5) is 2.99. The van der Waals surface area contributed by atoms with Gasteiger partial charge in [-0.05, 0) is 38.8 Å². The van der Waals surface area contributed by atoms with Crippen molar-refractivity contribution in [3.05, 3.63) is 41.9 Å². The summed E-state index contributed by atoms with van der Waals surface area (Å²) in [7, 11) is -3.87. The highest BCUT2D eigenvalue weighted by Crippen LogP contribution is 2.30. The van der Waals surface area contributed by atoms with Crippen LogP contribution in [0.1, 0.15) is 31.4 Å². The van der Waals surface area contributed by atoms with E-state index in [0.717, 1.165) is 5.56 Å². The van der Waals surface area contributed by atoms with Gasteiger partial charge in [-0.2, -0.15) is 10.4 Å². The van der Waals surface area contributed by atoms with E-state index >= 15 is 0 Å². The predicted octanol–water partition coefficient (Wildman–Crippen LogP) is 2.46. The van der Waals surface area contributed by atoms with Gasteiger partial charge in [-0.25, -0.2) is 8.42 Å². The molecule has 2 heterocycles. The maximum absolute atomic E-state index is 12.8. The van der Waals surface area contributed by atoms with E-state index in [-0.39, 0.29) is 11.5 Å². The van der Waals surface area contributed by atoms with Gasteiger partial charge in [0, 0.05) is 24.4 Å². The number of aromatic nitrogens is 3. The van der Waals surface area contributed by atoms with Crippen molar-refractivity contribution >= 4 is 26.6 Å². The number of nitrogens with zero attached hydrogens (tertiary/aromatic N) is 3. The summed E-state index contributed by atoms with van der Waals surface area (Å²) in [5.74, 6) is 0. The molecule has 0 atom stereocenters. The normalized spacial score (nSPS) is 12.3. The molecule has 27 heavy (non-hydrogen) atoms. The maximum atomic E-state index is 12.8. The Balaban J connectivity index is 1.98. The Bertz CT molecular complexity index is 1140. The van der Waals surface area contributed by atoms with Gasteiger partial charge in [0.25, 0.3) is 10.0 Å². The van der Waals surface area contributed by atoms with Crippen molar-refractivity contribution in [1.82, 2.24) is 14.8 Å². The lowest BCUT2D eigenvalue weighted by molar-refractivity contribution is 0.201. The molecule has 0 aliphatic carbocycles. The van der Waals surface area contributed by atoms with Crippen molar-refractivity contribution < 1.29 is 13.5 Å². The number of nitriles is 1. The first-order valence-electron chi connectivity index (χ1n) is 8.39. The molecular weight excluding hydrogens is 366 g/mol. The SMILES string of the molecule is Cc1ccc(NS(=O)(=O)c2cnn(C(C)(C)CCO)c2)c2[nH]cc(C#N)c12. The fourth-order valence-corrected chi connectivity index (χ4v) is 3.96. The van der Waals surface area contributed by atoms with Crippen molar-refractivity contribution in [1.29, 1.82) is 5.26 Å². The number of hydrogen-bond acceptors (Lipinski definition) is 5. The molecule has 0 fully saturated rings. The largest absolute Gasteiger partial charge is 0.396 e. The molecule has 0 radical (unpaired) electrons. The second kappa shape index (κ2) is 6.72. The quantitative estimate of drug-likeness (QED) is 0.599. The van der Waals surface area contributed by atoms with E-state index < -0.39 is 15.6 Å². The van der Waals surface area contributed by atoms with Gasteiger partial charge >= 0.3 is 0 Å². The summed E-state index contributed by atoms with van der Waals surface area (Å²) < 4.78 is 29.7. The number of benzene rings is 1. The lowest BCUT2D eigenvalue weighted by atomic mass is 10.0. The van der Waals surface area contributed by atoms with E-state index in [1.54, 1.807) is 18.3 Å². The van der Waals surface area contributed by atoms with Gasteiger partial charge in [0.2, 0.25) is 0 Å². The van der Waals surface area contributed by atoms with Crippen LogP contribution in [0.2, 0.25) is 0 Å². The molecule has 0 bridgehead atoms. The number of fused-ring (bicyclic) bond motifs is 1. The zero-order valence-electron chi connectivity index (χ0n) is 15.3. The molecule has 0 unspecified atom stereocenters. The number of aliphatic hydroxyl groups excluding tert-OH is 1. The van der Waals surface area contributed by atoms with Crippen LogP contribution in [0.3, 0.4) is 0 Å². The predicted molar refractivity (Wildman–Crippen MR) is 102 cm³/mol. The summed E-state index contributed by atoms with van der Waals surface area (Å²) in [5.41, 5.74) is 1.75. The second-order valence-electron chi connectivity index (χ2n) is 7.01. The van der Waals surface area contributed by atoms with Crippen LogP contribution in [-0.4, -0.2) is 34.9 Å². The number of H-pyrrole nitrogens is 1. The number of aromatic amines is 1. The third kappa shape index (κ3) is 3.41. The monoisotopic (exact) mass is 387 g/mol. The van der Waals surface area contributed by atoms with Gasteiger partial charge in [-0.15, -0.1) is 0 Å². The van der Waals surface area contributed by atoms with Crippen LogP contribution in [0.25, 0.3) is 10.9 Å². The van der Waals surface area contributed by atoms with Crippen LogP contribution in [0.4, 0.5) is 5.69 Å². The smallest absolute Gasteiger partial charge is 0.265 e. The number of rotatable bonds is 6. The van der Waals surface area contributed by atoms with Gasteiger partial charge in [0.05, 0.1) is 28.5 Å². The van der Waals surface area contributed by atoms with E-state index in [1.807, 2.05) is 20.8 Å². The molecule has 3 rings (SSSR count). The Hall–Kier alpha value is -2.83. The maximum Gasteiger partial charge on any atom is 0.265 e. The Kier molecular flexibility index (Phi) is 4.71. The van der Waals surface area contributed by atoms with Crippen molar-refractivity contribution in [2.75, 3.05) is 11.3 Å². The zero-order chi connectivity index (χ0) is 19.8. The van der Waals surface area contributed by atoms with Gasteiger partial charge in [0.1, 0.15) is 11.0 Å².